The van der Waals surface area contributed by atoms with Crippen molar-refractivity contribution in [2.75, 3.05) is 6.54 Å². The quantitative estimate of drug-likeness (QED) is 0.898. The Morgan fingerprint density at radius 3 is 2.67 bits per heavy atom. The van der Waals surface area contributed by atoms with Crippen LogP contribution in [0, 0.1) is 0 Å². The lowest BCUT2D eigenvalue weighted by molar-refractivity contribution is -0.137. The molecule has 1 heterocycles. The molecule has 0 amide bonds. The first kappa shape index (κ1) is 13.7. The number of ether oxygens (including phenoxy) is 1. The van der Waals surface area contributed by atoms with Crippen LogP contribution in [0.2, 0.25) is 0 Å². The molecule has 0 unspecified atom stereocenters. The largest absolute Gasteiger partial charge is 0.488 e. The Labute approximate surface area is 112 Å². The van der Waals surface area contributed by atoms with Crippen molar-refractivity contribution >= 4 is 15.9 Å². The fourth-order valence-electron chi connectivity index (χ4n) is 1.93. The Morgan fingerprint density at radius 1 is 1.39 bits per heavy atom. The summed E-state index contributed by atoms with van der Waals surface area (Å²) < 4.78 is 44.0. The molecular formula is C12H13BrF3NO. The molecule has 2 rings (SSSR count). The third-order valence-electron chi connectivity index (χ3n) is 2.99. The van der Waals surface area contributed by atoms with Gasteiger partial charge in [0.05, 0.1) is 10.0 Å². The molecule has 6 heteroatoms. The minimum Gasteiger partial charge on any atom is -0.488 e. The number of hydrogen-bond acceptors (Lipinski definition) is 2. The zero-order valence-corrected chi connectivity index (χ0v) is 11.3. The van der Waals surface area contributed by atoms with E-state index in [9.17, 15) is 13.2 Å². The Morgan fingerprint density at radius 2 is 2.11 bits per heavy atom. The molecule has 1 aliphatic rings. The van der Waals surface area contributed by atoms with Crippen LogP contribution in [0.1, 0.15) is 18.9 Å². The van der Waals surface area contributed by atoms with Crippen molar-refractivity contribution in [3.63, 3.8) is 0 Å². The molecule has 1 fully saturated rings. The maximum atomic E-state index is 12.6. The molecule has 1 saturated heterocycles. The second-order valence-corrected chi connectivity index (χ2v) is 5.19. The monoisotopic (exact) mass is 323 g/mol. The van der Waals surface area contributed by atoms with E-state index in [0.29, 0.717) is 4.47 Å². The standard InChI is InChI=1S/C12H13BrF3NO/c1-7-10(4-5-17-7)18-11-6-8(12(14,15)16)2-3-9(11)13/h2-3,6-7,10,17H,4-5H2,1H3/t7-,10+/m1/s1. The molecule has 1 N–H and O–H groups in total. The molecular weight excluding hydrogens is 311 g/mol. The van der Waals surface area contributed by atoms with Crippen molar-refractivity contribution < 1.29 is 17.9 Å². The van der Waals surface area contributed by atoms with E-state index < -0.39 is 11.7 Å². The van der Waals surface area contributed by atoms with E-state index in [1.165, 1.54) is 6.07 Å². The highest BCUT2D eigenvalue weighted by molar-refractivity contribution is 9.10. The second kappa shape index (κ2) is 5.09. The van der Waals surface area contributed by atoms with Gasteiger partial charge in [0, 0.05) is 6.04 Å². The Balaban J connectivity index is 2.21. The van der Waals surface area contributed by atoms with Gasteiger partial charge in [0.25, 0.3) is 0 Å². The highest BCUT2D eigenvalue weighted by Gasteiger charge is 2.32. The van der Waals surface area contributed by atoms with Crippen molar-refractivity contribution in [2.45, 2.75) is 31.7 Å². The van der Waals surface area contributed by atoms with Crippen molar-refractivity contribution in [3.05, 3.63) is 28.2 Å². The van der Waals surface area contributed by atoms with Gasteiger partial charge in [-0.3, -0.25) is 0 Å². The minimum absolute atomic E-state index is 0.0928. The first-order chi connectivity index (χ1) is 8.38. The number of hydrogen-bond donors (Lipinski definition) is 1. The van der Waals surface area contributed by atoms with Gasteiger partial charge in [0.15, 0.2) is 0 Å². The van der Waals surface area contributed by atoms with Gasteiger partial charge in [-0.25, -0.2) is 0 Å². The molecule has 2 atom stereocenters. The third-order valence-corrected chi connectivity index (χ3v) is 3.64. The van der Waals surface area contributed by atoms with Crippen LogP contribution >= 0.6 is 15.9 Å². The van der Waals surface area contributed by atoms with Gasteiger partial charge in [-0.15, -0.1) is 0 Å². The van der Waals surface area contributed by atoms with Crippen LogP contribution in [-0.2, 0) is 6.18 Å². The molecule has 0 aromatic heterocycles. The zero-order chi connectivity index (χ0) is 13.3. The molecule has 1 aliphatic heterocycles. The van der Waals surface area contributed by atoms with Crippen LogP contribution in [0.25, 0.3) is 0 Å². The molecule has 1 aromatic rings. The maximum Gasteiger partial charge on any atom is 0.416 e. The molecule has 0 spiro atoms. The van der Waals surface area contributed by atoms with Crippen molar-refractivity contribution in [1.29, 1.82) is 0 Å². The highest BCUT2D eigenvalue weighted by atomic mass is 79.9. The van der Waals surface area contributed by atoms with Gasteiger partial charge in [-0.2, -0.15) is 13.2 Å². The predicted octanol–water partition coefficient (Wildman–Crippen LogP) is 3.60. The average Bonchev–Trinajstić information content (AvgIpc) is 2.66. The van der Waals surface area contributed by atoms with E-state index in [4.69, 9.17) is 4.74 Å². The number of halogens is 4. The SMILES string of the molecule is C[C@H]1NCC[C@@H]1Oc1cc(C(F)(F)F)ccc1Br. The van der Waals surface area contributed by atoms with Crippen molar-refractivity contribution in [1.82, 2.24) is 5.32 Å². The Bertz CT molecular complexity index is 436. The van der Waals surface area contributed by atoms with E-state index >= 15 is 0 Å². The first-order valence-electron chi connectivity index (χ1n) is 5.64. The van der Waals surface area contributed by atoms with Gasteiger partial charge in [0.2, 0.25) is 0 Å². The van der Waals surface area contributed by atoms with E-state index in [1.54, 1.807) is 0 Å². The normalized spacial score (nSPS) is 24.3. The van der Waals surface area contributed by atoms with E-state index in [-0.39, 0.29) is 17.9 Å². The summed E-state index contributed by atoms with van der Waals surface area (Å²) in [6.07, 6.45) is -3.65. The van der Waals surface area contributed by atoms with Gasteiger partial charge in [0.1, 0.15) is 11.9 Å². The van der Waals surface area contributed by atoms with E-state index in [0.717, 1.165) is 25.1 Å². The zero-order valence-electron chi connectivity index (χ0n) is 9.72. The Hall–Kier alpha value is -0.750. The lowest BCUT2D eigenvalue weighted by Crippen LogP contribution is -2.30. The third kappa shape index (κ3) is 2.98. The smallest absolute Gasteiger partial charge is 0.416 e. The minimum atomic E-state index is -4.35. The number of alkyl halides is 3. The summed E-state index contributed by atoms with van der Waals surface area (Å²) in [5, 5.41) is 3.19. The fraction of sp³-hybridized carbons (Fsp3) is 0.500. The van der Waals surface area contributed by atoms with Gasteiger partial charge in [-0.05, 0) is 54.0 Å². The number of rotatable bonds is 2. The van der Waals surface area contributed by atoms with Crippen LogP contribution in [0.4, 0.5) is 13.2 Å². The topological polar surface area (TPSA) is 21.3 Å². The van der Waals surface area contributed by atoms with Crippen LogP contribution in [-0.4, -0.2) is 18.7 Å². The lowest BCUT2D eigenvalue weighted by Gasteiger charge is -2.19. The summed E-state index contributed by atoms with van der Waals surface area (Å²) in [5.41, 5.74) is -0.695. The van der Waals surface area contributed by atoms with E-state index in [1.807, 2.05) is 6.92 Å². The predicted molar refractivity (Wildman–Crippen MR) is 65.6 cm³/mol. The summed E-state index contributed by atoms with van der Waals surface area (Å²) in [6.45, 7) is 2.78. The molecule has 1 aromatic carbocycles. The summed E-state index contributed by atoms with van der Waals surface area (Å²) in [7, 11) is 0. The molecule has 18 heavy (non-hydrogen) atoms. The number of benzene rings is 1. The number of nitrogens with one attached hydrogen (secondary N) is 1. The summed E-state index contributed by atoms with van der Waals surface area (Å²) >= 11 is 3.21. The fourth-order valence-corrected chi connectivity index (χ4v) is 2.27. The molecule has 2 nitrogen and oxygen atoms in total. The molecule has 0 bridgehead atoms. The first-order valence-corrected chi connectivity index (χ1v) is 6.44. The summed E-state index contributed by atoms with van der Waals surface area (Å²) in [4.78, 5) is 0. The molecule has 0 saturated carbocycles. The van der Waals surface area contributed by atoms with Crippen LogP contribution < -0.4 is 10.1 Å². The molecule has 100 valence electrons. The Kier molecular flexibility index (Phi) is 3.87. The maximum absolute atomic E-state index is 12.6. The van der Waals surface area contributed by atoms with Crippen LogP contribution in [0.3, 0.4) is 0 Å². The van der Waals surface area contributed by atoms with Crippen LogP contribution in [0.5, 0.6) is 5.75 Å². The van der Waals surface area contributed by atoms with Gasteiger partial charge < -0.3 is 10.1 Å². The average molecular weight is 324 g/mol. The van der Waals surface area contributed by atoms with Crippen molar-refractivity contribution in [3.8, 4) is 5.75 Å². The van der Waals surface area contributed by atoms with Gasteiger partial charge in [-0.1, -0.05) is 0 Å². The molecule has 0 radical (unpaired) electrons. The van der Waals surface area contributed by atoms with E-state index in [2.05, 4.69) is 21.2 Å². The second-order valence-electron chi connectivity index (χ2n) is 4.33. The lowest BCUT2D eigenvalue weighted by atomic mass is 10.2. The van der Waals surface area contributed by atoms with Crippen LogP contribution in [0.15, 0.2) is 22.7 Å². The summed E-state index contributed by atoms with van der Waals surface area (Å²) in [6, 6.07) is 3.58. The highest BCUT2D eigenvalue weighted by Crippen LogP contribution is 2.36. The van der Waals surface area contributed by atoms with Gasteiger partial charge >= 0.3 is 6.18 Å². The molecule has 0 aliphatic carbocycles. The van der Waals surface area contributed by atoms with Crippen molar-refractivity contribution in [2.24, 2.45) is 0 Å². The summed E-state index contributed by atoms with van der Waals surface area (Å²) in [5.74, 6) is 0.241.